The fourth-order valence-corrected chi connectivity index (χ4v) is 2.06. The van der Waals surface area contributed by atoms with E-state index in [2.05, 4.69) is 4.98 Å². The summed E-state index contributed by atoms with van der Waals surface area (Å²) in [5, 5.41) is 41.3. The van der Waals surface area contributed by atoms with E-state index in [1.165, 1.54) is 0 Å². The van der Waals surface area contributed by atoms with Crippen LogP contribution in [-0.4, -0.2) is 24.9 Å². The van der Waals surface area contributed by atoms with Crippen LogP contribution >= 0.6 is 0 Å². The Labute approximate surface area is 149 Å². The number of aromatic hydroxyl groups is 1. The highest BCUT2D eigenvalue weighted by atomic mass is 16.6. The van der Waals surface area contributed by atoms with Gasteiger partial charge in [0.1, 0.15) is 0 Å². The Balaban J connectivity index is 0.000000206. The number of nitrogens with zero attached hydrogens (tertiary/aromatic N) is 4. The molecule has 138 valence electrons. The standard InChI is InChI=1S/C9H8N2.C6H3N3O7/c10-8-4-3-7-2-1-5-11-9(7)6-8;10-6-4(8(13)14)1-3(7(11)12)2-5(6)9(15)16/h1-6H,10H2;1-2,10H. The quantitative estimate of drug-likeness (QED) is 0.395. The molecule has 0 saturated carbocycles. The van der Waals surface area contributed by atoms with Gasteiger partial charge in [-0.2, -0.15) is 0 Å². The van der Waals surface area contributed by atoms with Crippen LogP contribution < -0.4 is 5.73 Å². The molecule has 0 fully saturated rings. The van der Waals surface area contributed by atoms with Crippen molar-refractivity contribution in [1.82, 2.24) is 4.98 Å². The summed E-state index contributed by atoms with van der Waals surface area (Å²) < 4.78 is 0. The highest BCUT2D eigenvalue weighted by Gasteiger charge is 2.30. The molecule has 3 aromatic rings. The average molecular weight is 373 g/mol. The third-order valence-corrected chi connectivity index (χ3v) is 3.29. The number of rotatable bonds is 3. The number of phenols is 1. The molecule has 0 spiro atoms. The minimum absolute atomic E-state index is 0.447. The number of phenolic OH excluding ortho intramolecular Hbond substituents is 1. The van der Waals surface area contributed by atoms with Gasteiger partial charge in [-0.3, -0.25) is 35.3 Å². The van der Waals surface area contributed by atoms with Crippen molar-refractivity contribution in [3.8, 4) is 5.75 Å². The van der Waals surface area contributed by atoms with Gasteiger partial charge in [-0.15, -0.1) is 0 Å². The molecule has 12 heteroatoms. The molecule has 0 saturated heterocycles. The minimum Gasteiger partial charge on any atom is -0.497 e. The number of benzene rings is 2. The minimum atomic E-state index is -1.21. The van der Waals surface area contributed by atoms with Gasteiger partial charge < -0.3 is 10.8 Å². The topological polar surface area (TPSA) is 189 Å². The average Bonchev–Trinajstić information content (AvgIpc) is 2.61. The monoisotopic (exact) mass is 373 g/mol. The van der Waals surface area contributed by atoms with Crippen LogP contribution in [0.4, 0.5) is 22.7 Å². The zero-order valence-electron chi connectivity index (χ0n) is 13.4. The first kappa shape index (κ1) is 19.0. The lowest BCUT2D eigenvalue weighted by Gasteiger charge is -1.97. The van der Waals surface area contributed by atoms with Gasteiger partial charge in [0.05, 0.1) is 32.4 Å². The molecule has 3 N–H and O–H groups in total. The van der Waals surface area contributed by atoms with Crippen molar-refractivity contribution in [1.29, 1.82) is 0 Å². The summed E-state index contributed by atoms with van der Waals surface area (Å²) in [6, 6.07) is 10.5. The summed E-state index contributed by atoms with van der Waals surface area (Å²) in [5.74, 6) is -1.21. The first-order chi connectivity index (χ1) is 12.7. The highest BCUT2D eigenvalue weighted by molar-refractivity contribution is 5.81. The fraction of sp³-hybridized carbons (Fsp3) is 0. The Morgan fingerprint density at radius 2 is 1.48 bits per heavy atom. The lowest BCUT2D eigenvalue weighted by molar-refractivity contribution is -0.404. The molecule has 2 aromatic carbocycles. The number of nitro groups is 3. The smallest absolute Gasteiger partial charge is 0.324 e. The maximum Gasteiger partial charge on any atom is 0.324 e. The van der Waals surface area contributed by atoms with Gasteiger partial charge in [-0.25, -0.2) is 0 Å². The molecule has 0 aliphatic rings. The summed E-state index contributed by atoms with van der Waals surface area (Å²) >= 11 is 0. The van der Waals surface area contributed by atoms with Crippen molar-refractivity contribution in [2.45, 2.75) is 0 Å². The first-order valence-electron chi connectivity index (χ1n) is 7.11. The lowest BCUT2D eigenvalue weighted by atomic mass is 10.2. The Morgan fingerprint density at radius 1 is 0.889 bits per heavy atom. The van der Waals surface area contributed by atoms with E-state index in [0.29, 0.717) is 12.1 Å². The zero-order valence-corrected chi connectivity index (χ0v) is 13.4. The number of fused-ring (bicyclic) bond motifs is 1. The lowest BCUT2D eigenvalue weighted by Crippen LogP contribution is -1.97. The predicted octanol–water partition coefficient (Wildman–Crippen LogP) is 2.93. The number of non-ortho nitro benzene ring substituents is 1. The second-order valence-electron chi connectivity index (χ2n) is 5.06. The molecule has 0 amide bonds. The van der Waals surface area contributed by atoms with Gasteiger partial charge >= 0.3 is 11.4 Å². The molecule has 1 aromatic heterocycles. The molecule has 1 heterocycles. The molecule has 0 aliphatic carbocycles. The number of aromatic nitrogens is 1. The SMILES string of the molecule is Nc1ccc2cccnc2c1.O=[N+]([O-])c1cc([N+](=O)[O-])c(O)c([N+](=O)[O-])c1. The van der Waals surface area contributed by atoms with E-state index in [0.717, 1.165) is 16.6 Å². The Hall–Kier alpha value is -4.35. The van der Waals surface area contributed by atoms with E-state index in [1.807, 2.05) is 30.3 Å². The normalized spacial score (nSPS) is 9.93. The van der Waals surface area contributed by atoms with Crippen molar-refractivity contribution in [3.63, 3.8) is 0 Å². The number of anilines is 1. The van der Waals surface area contributed by atoms with E-state index >= 15 is 0 Å². The summed E-state index contributed by atoms with van der Waals surface area (Å²) in [5.41, 5.74) is 4.29. The molecule has 0 bridgehead atoms. The van der Waals surface area contributed by atoms with Crippen molar-refractivity contribution >= 4 is 33.7 Å². The number of nitro benzene ring substituents is 3. The summed E-state index contributed by atoms with van der Waals surface area (Å²) in [4.78, 5) is 31.9. The van der Waals surface area contributed by atoms with E-state index in [9.17, 15) is 30.3 Å². The summed E-state index contributed by atoms with van der Waals surface area (Å²) in [6.07, 6.45) is 1.77. The Morgan fingerprint density at radius 3 is 2.00 bits per heavy atom. The Bertz CT molecular complexity index is 1020. The molecular weight excluding hydrogens is 362 g/mol. The number of pyridine rings is 1. The molecule has 27 heavy (non-hydrogen) atoms. The van der Waals surface area contributed by atoms with Gasteiger partial charge in [0.2, 0.25) is 0 Å². The summed E-state index contributed by atoms with van der Waals surface area (Å²) in [7, 11) is 0. The van der Waals surface area contributed by atoms with Crippen LogP contribution in [0.15, 0.2) is 48.7 Å². The van der Waals surface area contributed by atoms with Crippen molar-refractivity contribution in [2.24, 2.45) is 0 Å². The fourth-order valence-electron chi connectivity index (χ4n) is 2.06. The third kappa shape index (κ3) is 4.39. The summed E-state index contributed by atoms with van der Waals surface area (Å²) in [6.45, 7) is 0. The molecule has 0 atom stereocenters. The van der Waals surface area contributed by atoms with Crippen LogP contribution in [0.3, 0.4) is 0 Å². The molecule has 12 nitrogen and oxygen atoms in total. The number of hydrogen-bond donors (Lipinski definition) is 2. The van der Waals surface area contributed by atoms with E-state index in [4.69, 9.17) is 10.8 Å². The zero-order chi connectivity index (χ0) is 20.1. The van der Waals surface area contributed by atoms with Gasteiger partial charge in [0.15, 0.2) is 0 Å². The van der Waals surface area contributed by atoms with Gasteiger partial charge in [0.25, 0.3) is 11.4 Å². The second-order valence-corrected chi connectivity index (χ2v) is 5.06. The van der Waals surface area contributed by atoms with Crippen molar-refractivity contribution in [3.05, 3.63) is 79.0 Å². The largest absolute Gasteiger partial charge is 0.497 e. The van der Waals surface area contributed by atoms with Gasteiger partial charge in [-0.1, -0.05) is 12.1 Å². The van der Waals surface area contributed by atoms with Crippen LogP contribution in [0.2, 0.25) is 0 Å². The van der Waals surface area contributed by atoms with Crippen molar-refractivity contribution in [2.75, 3.05) is 5.73 Å². The van der Waals surface area contributed by atoms with Crippen LogP contribution in [-0.2, 0) is 0 Å². The molecular formula is C15H11N5O7. The van der Waals surface area contributed by atoms with E-state index in [-0.39, 0.29) is 0 Å². The van der Waals surface area contributed by atoms with E-state index in [1.54, 1.807) is 6.20 Å². The maximum atomic E-state index is 10.4. The second kappa shape index (κ2) is 7.69. The number of nitrogens with two attached hydrogens (primary N) is 1. The van der Waals surface area contributed by atoms with Crippen molar-refractivity contribution < 1.29 is 19.9 Å². The highest BCUT2D eigenvalue weighted by Crippen LogP contribution is 2.38. The number of nitrogen functional groups attached to an aromatic ring is 1. The first-order valence-corrected chi connectivity index (χ1v) is 7.11. The maximum absolute atomic E-state index is 10.4. The van der Waals surface area contributed by atoms with E-state index < -0.39 is 37.6 Å². The molecule has 0 unspecified atom stereocenters. The van der Waals surface area contributed by atoms with Crippen LogP contribution in [0.25, 0.3) is 10.9 Å². The van der Waals surface area contributed by atoms with Crippen LogP contribution in [0.5, 0.6) is 5.75 Å². The van der Waals surface area contributed by atoms with Gasteiger partial charge in [-0.05, 0) is 18.2 Å². The van der Waals surface area contributed by atoms with Crippen LogP contribution in [0.1, 0.15) is 0 Å². The number of hydrogen-bond acceptors (Lipinski definition) is 9. The predicted molar refractivity (Wildman–Crippen MR) is 94.2 cm³/mol. The Kier molecular flexibility index (Phi) is 5.41. The molecule has 3 rings (SSSR count). The molecule has 0 radical (unpaired) electrons. The third-order valence-electron chi connectivity index (χ3n) is 3.29. The molecule has 0 aliphatic heterocycles. The van der Waals surface area contributed by atoms with Crippen LogP contribution in [0, 0.1) is 30.3 Å². The van der Waals surface area contributed by atoms with Gasteiger partial charge in [0, 0.05) is 17.3 Å².